The summed E-state index contributed by atoms with van der Waals surface area (Å²) in [5.74, 6) is 0.428. The number of carbonyl (C=O) groups is 2. The SMILES string of the molecule is CC(C(=O)NCCN1Cc2ccccc2OCC1=O)c1ccccc1. The predicted molar refractivity (Wildman–Crippen MR) is 95.2 cm³/mol. The van der Waals surface area contributed by atoms with Crippen molar-refractivity contribution in [2.75, 3.05) is 19.7 Å². The minimum Gasteiger partial charge on any atom is -0.483 e. The topological polar surface area (TPSA) is 58.6 Å². The predicted octanol–water partition coefficient (Wildman–Crippen LogP) is 2.33. The Balaban J connectivity index is 1.54. The van der Waals surface area contributed by atoms with E-state index in [9.17, 15) is 9.59 Å². The zero-order valence-electron chi connectivity index (χ0n) is 14.3. The van der Waals surface area contributed by atoms with E-state index < -0.39 is 0 Å². The zero-order chi connectivity index (χ0) is 17.6. The summed E-state index contributed by atoms with van der Waals surface area (Å²) in [6, 6.07) is 17.3. The lowest BCUT2D eigenvalue weighted by Crippen LogP contribution is -2.40. The van der Waals surface area contributed by atoms with Gasteiger partial charge in [-0.1, -0.05) is 48.5 Å². The third-order valence-electron chi connectivity index (χ3n) is 4.41. The van der Waals surface area contributed by atoms with Crippen LogP contribution < -0.4 is 10.1 Å². The van der Waals surface area contributed by atoms with Crippen molar-refractivity contribution in [3.8, 4) is 5.75 Å². The first kappa shape index (κ1) is 17.0. The molecule has 5 nitrogen and oxygen atoms in total. The fourth-order valence-corrected chi connectivity index (χ4v) is 2.86. The van der Waals surface area contributed by atoms with Crippen LogP contribution in [0.25, 0.3) is 0 Å². The van der Waals surface area contributed by atoms with Gasteiger partial charge in [-0.05, 0) is 18.6 Å². The lowest BCUT2D eigenvalue weighted by molar-refractivity contribution is -0.133. The van der Waals surface area contributed by atoms with Crippen LogP contribution >= 0.6 is 0 Å². The number of fused-ring (bicyclic) bond motifs is 1. The molecule has 1 aliphatic heterocycles. The molecule has 0 saturated heterocycles. The van der Waals surface area contributed by atoms with E-state index >= 15 is 0 Å². The largest absolute Gasteiger partial charge is 0.483 e. The molecule has 2 aromatic rings. The number of ether oxygens (including phenoxy) is 1. The van der Waals surface area contributed by atoms with Crippen molar-refractivity contribution in [2.45, 2.75) is 19.4 Å². The number of nitrogens with zero attached hydrogens (tertiary/aromatic N) is 1. The lowest BCUT2D eigenvalue weighted by atomic mass is 10.0. The molecule has 0 spiro atoms. The van der Waals surface area contributed by atoms with Crippen LogP contribution in [-0.2, 0) is 16.1 Å². The van der Waals surface area contributed by atoms with E-state index in [0.717, 1.165) is 16.9 Å². The van der Waals surface area contributed by atoms with Crippen LogP contribution in [0.4, 0.5) is 0 Å². The Morgan fingerprint density at radius 3 is 2.68 bits per heavy atom. The number of carbonyl (C=O) groups excluding carboxylic acids is 2. The second kappa shape index (κ2) is 7.83. The van der Waals surface area contributed by atoms with Gasteiger partial charge in [-0.15, -0.1) is 0 Å². The Labute approximate surface area is 147 Å². The van der Waals surface area contributed by atoms with Crippen molar-refractivity contribution in [3.05, 3.63) is 65.7 Å². The van der Waals surface area contributed by atoms with Crippen LogP contribution in [0, 0.1) is 0 Å². The third kappa shape index (κ3) is 4.18. The lowest BCUT2D eigenvalue weighted by Gasteiger charge is -2.21. The van der Waals surface area contributed by atoms with Crippen LogP contribution in [0.3, 0.4) is 0 Å². The zero-order valence-corrected chi connectivity index (χ0v) is 14.3. The summed E-state index contributed by atoms with van der Waals surface area (Å²) in [5, 5.41) is 2.92. The summed E-state index contributed by atoms with van der Waals surface area (Å²) in [6.45, 7) is 3.30. The molecule has 3 rings (SSSR count). The molecule has 1 heterocycles. The van der Waals surface area contributed by atoms with Crippen LogP contribution in [-0.4, -0.2) is 36.4 Å². The highest BCUT2D eigenvalue weighted by Gasteiger charge is 2.21. The molecule has 1 N–H and O–H groups in total. The van der Waals surface area contributed by atoms with E-state index in [1.807, 2.05) is 61.5 Å². The van der Waals surface area contributed by atoms with Gasteiger partial charge in [0.25, 0.3) is 5.91 Å². The van der Waals surface area contributed by atoms with Gasteiger partial charge < -0.3 is 15.0 Å². The van der Waals surface area contributed by atoms with Gasteiger partial charge >= 0.3 is 0 Å². The van der Waals surface area contributed by atoms with E-state index in [-0.39, 0.29) is 24.3 Å². The van der Waals surface area contributed by atoms with Gasteiger partial charge in [-0.3, -0.25) is 9.59 Å². The summed E-state index contributed by atoms with van der Waals surface area (Å²) >= 11 is 0. The van der Waals surface area contributed by atoms with E-state index in [4.69, 9.17) is 4.74 Å². The fourth-order valence-electron chi connectivity index (χ4n) is 2.86. The molecular weight excluding hydrogens is 316 g/mol. The first-order chi connectivity index (χ1) is 12.1. The van der Waals surface area contributed by atoms with Crippen molar-refractivity contribution in [1.29, 1.82) is 0 Å². The normalized spacial score (nSPS) is 14.9. The van der Waals surface area contributed by atoms with Gasteiger partial charge in [0, 0.05) is 25.2 Å². The molecular formula is C20H22N2O3. The summed E-state index contributed by atoms with van der Waals surface area (Å²) in [6.07, 6.45) is 0. The molecule has 130 valence electrons. The van der Waals surface area contributed by atoms with Crippen molar-refractivity contribution < 1.29 is 14.3 Å². The molecule has 1 unspecified atom stereocenters. The number of rotatable bonds is 5. The Morgan fingerprint density at radius 1 is 1.16 bits per heavy atom. The van der Waals surface area contributed by atoms with Crippen molar-refractivity contribution in [2.24, 2.45) is 0 Å². The fraction of sp³-hybridized carbons (Fsp3) is 0.300. The number of hydrogen-bond acceptors (Lipinski definition) is 3. The monoisotopic (exact) mass is 338 g/mol. The Morgan fingerprint density at radius 2 is 1.88 bits per heavy atom. The number of amides is 2. The summed E-state index contributed by atoms with van der Waals surface area (Å²) in [7, 11) is 0. The van der Waals surface area contributed by atoms with Gasteiger partial charge in [-0.2, -0.15) is 0 Å². The van der Waals surface area contributed by atoms with Crippen LogP contribution in [0.2, 0.25) is 0 Å². The van der Waals surface area contributed by atoms with Gasteiger partial charge in [-0.25, -0.2) is 0 Å². The molecule has 2 amide bonds. The molecule has 1 aliphatic rings. The maximum atomic E-state index is 12.3. The highest BCUT2D eigenvalue weighted by molar-refractivity contribution is 5.83. The standard InChI is InChI=1S/C20H22N2O3/c1-15(16-7-3-2-4-8-16)20(24)21-11-12-22-13-17-9-5-6-10-18(17)25-14-19(22)23/h2-10,15H,11-14H2,1H3,(H,21,24). The Kier molecular flexibility index (Phi) is 5.33. The summed E-state index contributed by atoms with van der Waals surface area (Å²) < 4.78 is 5.54. The summed E-state index contributed by atoms with van der Waals surface area (Å²) in [4.78, 5) is 26.2. The molecule has 0 radical (unpaired) electrons. The Hall–Kier alpha value is -2.82. The number of nitrogens with one attached hydrogen (secondary N) is 1. The first-order valence-corrected chi connectivity index (χ1v) is 8.46. The van der Waals surface area contributed by atoms with Gasteiger partial charge in [0.05, 0.1) is 5.92 Å². The average molecular weight is 338 g/mol. The third-order valence-corrected chi connectivity index (χ3v) is 4.41. The molecule has 0 fully saturated rings. The molecule has 0 aromatic heterocycles. The maximum absolute atomic E-state index is 12.3. The molecule has 25 heavy (non-hydrogen) atoms. The van der Waals surface area contributed by atoms with Crippen molar-refractivity contribution in [3.63, 3.8) is 0 Å². The minimum absolute atomic E-state index is 0.0331. The molecule has 0 bridgehead atoms. The van der Waals surface area contributed by atoms with E-state index in [1.54, 1.807) is 4.90 Å². The number of hydrogen-bond donors (Lipinski definition) is 1. The number of benzene rings is 2. The van der Waals surface area contributed by atoms with Gasteiger partial charge in [0.1, 0.15) is 5.75 Å². The highest BCUT2D eigenvalue weighted by atomic mass is 16.5. The van der Waals surface area contributed by atoms with Gasteiger partial charge in [0.2, 0.25) is 5.91 Å². The highest BCUT2D eigenvalue weighted by Crippen LogP contribution is 2.22. The van der Waals surface area contributed by atoms with E-state index in [2.05, 4.69) is 5.32 Å². The smallest absolute Gasteiger partial charge is 0.260 e. The van der Waals surface area contributed by atoms with E-state index in [0.29, 0.717) is 19.6 Å². The first-order valence-electron chi connectivity index (χ1n) is 8.46. The quantitative estimate of drug-likeness (QED) is 0.910. The van der Waals surface area contributed by atoms with Crippen LogP contribution in [0.1, 0.15) is 24.0 Å². The molecule has 2 aromatic carbocycles. The van der Waals surface area contributed by atoms with Crippen molar-refractivity contribution >= 4 is 11.8 Å². The molecule has 0 saturated carbocycles. The minimum atomic E-state index is -0.218. The molecule has 0 aliphatic carbocycles. The summed E-state index contributed by atoms with van der Waals surface area (Å²) in [5.41, 5.74) is 1.96. The van der Waals surface area contributed by atoms with E-state index in [1.165, 1.54) is 0 Å². The van der Waals surface area contributed by atoms with Crippen LogP contribution in [0.15, 0.2) is 54.6 Å². The maximum Gasteiger partial charge on any atom is 0.260 e. The van der Waals surface area contributed by atoms with Crippen LogP contribution in [0.5, 0.6) is 5.75 Å². The van der Waals surface area contributed by atoms with Crippen molar-refractivity contribution in [1.82, 2.24) is 10.2 Å². The van der Waals surface area contributed by atoms with Gasteiger partial charge in [0.15, 0.2) is 6.61 Å². The molecule has 1 atom stereocenters. The number of para-hydroxylation sites is 1. The second-order valence-electron chi connectivity index (χ2n) is 6.14. The Bertz CT molecular complexity index is 746. The molecule has 5 heteroatoms. The second-order valence-corrected chi connectivity index (χ2v) is 6.14. The average Bonchev–Trinajstić information content (AvgIpc) is 2.81.